The van der Waals surface area contributed by atoms with Crippen LogP contribution in [0.15, 0.2) is 0 Å². The Bertz CT molecular complexity index is 227. The molecule has 0 spiro atoms. The van der Waals surface area contributed by atoms with Crippen molar-refractivity contribution < 1.29 is 15.0 Å². The van der Waals surface area contributed by atoms with Gasteiger partial charge in [-0.05, 0) is 18.8 Å². The van der Waals surface area contributed by atoms with Crippen LogP contribution in [0, 0.1) is 11.8 Å². The van der Waals surface area contributed by atoms with Gasteiger partial charge in [-0.2, -0.15) is 0 Å². The summed E-state index contributed by atoms with van der Waals surface area (Å²) in [5, 5.41) is 19.5. The normalized spacial score (nSPS) is 30.1. The molecule has 3 unspecified atom stereocenters. The molecule has 1 aliphatic rings. The molecule has 2 N–H and O–H groups in total. The second-order valence-electron chi connectivity index (χ2n) is 4.69. The maximum atomic E-state index is 11.2. The number of aliphatic hydroxyl groups is 1. The highest BCUT2D eigenvalue weighted by atomic mass is 16.4. The van der Waals surface area contributed by atoms with Gasteiger partial charge in [0.15, 0.2) is 5.60 Å². The summed E-state index contributed by atoms with van der Waals surface area (Å²) in [4.78, 5) is 11.2. The van der Waals surface area contributed by atoms with E-state index in [1.807, 2.05) is 6.92 Å². The number of hydrogen-bond acceptors (Lipinski definition) is 2. The number of carbonyl (C=O) groups is 1. The molecule has 0 radical (unpaired) electrons. The average molecular weight is 214 g/mol. The smallest absolute Gasteiger partial charge is 0.335 e. The van der Waals surface area contributed by atoms with Crippen LogP contribution in [0.4, 0.5) is 0 Å². The van der Waals surface area contributed by atoms with Gasteiger partial charge in [-0.15, -0.1) is 0 Å². The Morgan fingerprint density at radius 2 is 2.07 bits per heavy atom. The first-order chi connectivity index (χ1) is 7.06. The summed E-state index contributed by atoms with van der Waals surface area (Å²) >= 11 is 0. The lowest BCUT2D eigenvalue weighted by molar-refractivity contribution is -0.168. The van der Waals surface area contributed by atoms with Crippen molar-refractivity contribution in [2.24, 2.45) is 11.8 Å². The van der Waals surface area contributed by atoms with E-state index in [1.165, 1.54) is 0 Å². The molecular weight excluding hydrogens is 192 g/mol. The Morgan fingerprint density at radius 1 is 1.40 bits per heavy atom. The highest BCUT2D eigenvalue weighted by Gasteiger charge is 2.47. The lowest BCUT2D eigenvalue weighted by atomic mass is 9.76. The summed E-state index contributed by atoms with van der Waals surface area (Å²) in [7, 11) is 0. The summed E-state index contributed by atoms with van der Waals surface area (Å²) in [6.45, 7) is 4.00. The van der Waals surface area contributed by atoms with Crippen LogP contribution >= 0.6 is 0 Å². The quantitative estimate of drug-likeness (QED) is 0.739. The van der Waals surface area contributed by atoms with Crippen molar-refractivity contribution in [1.82, 2.24) is 0 Å². The van der Waals surface area contributed by atoms with Crippen molar-refractivity contribution in [2.75, 3.05) is 0 Å². The molecule has 1 rings (SSSR count). The molecule has 0 amide bonds. The zero-order chi connectivity index (χ0) is 11.5. The van der Waals surface area contributed by atoms with Gasteiger partial charge in [0.25, 0.3) is 0 Å². The first kappa shape index (κ1) is 12.5. The molecule has 1 saturated carbocycles. The molecule has 15 heavy (non-hydrogen) atoms. The largest absolute Gasteiger partial charge is 0.479 e. The van der Waals surface area contributed by atoms with Crippen LogP contribution in [-0.2, 0) is 4.79 Å². The molecule has 0 aromatic heterocycles. The van der Waals surface area contributed by atoms with Gasteiger partial charge in [0.2, 0.25) is 0 Å². The Morgan fingerprint density at radius 3 is 2.53 bits per heavy atom. The third-order valence-corrected chi connectivity index (χ3v) is 3.80. The van der Waals surface area contributed by atoms with Crippen LogP contribution in [0.25, 0.3) is 0 Å². The van der Waals surface area contributed by atoms with E-state index in [2.05, 4.69) is 6.92 Å². The van der Waals surface area contributed by atoms with Crippen molar-refractivity contribution in [3.05, 3.63) is 0 Å². The van der Waals surface area contributed by atoms with Gasteiger partial charge < -0.3 is 10.2 Å². The summed E-state index contributed by atoms with van der Waals surface area (Å²) in [6.07, 6.45) is 5.06. The third kappa shape index (κ3) is 2.33. The van der Waals surface area contributed by atoms with Crippen molar-refractivity contribution in [2.45, 2.75) is 58.0 Å². The van der Waals surface area contributed by atoms with E-state index in [4.69, 9.17) is 0 Å². The van der Waals surface area contributed by atoms with Gasteiger partial charge in [0, 0.05) is 5.92 Å². The fourth-order valence-electron chi connectivity index (χ4n) is 2.99. The Labute approximate surface area is 91.5 Å². The average Bonchev–Trinajstić information content (AvgIpc) is 2.65. The molecule has 3 nitrogen and oxygen atoms in total. The first-order valence-corrected chi connectivity index (χ1v) is 6.02. The maximum absolute atomic E-state index is 11.2. The highest BCUT2D eigenvalue weighted by molar-refractivity contribution is 5.77. The van der Waals surface area contributed by atoms with Crippen LogP contribution < -0.4 is 0 Å². The van der Waals surface area contributed by atoms with Crippen molar-refractivity contribution >= 4 is 5.97 Å². The van der Waals surface area contributed by atoms with Gasteiger partial charge in [-0.3, -0.25) is 0 Å². The Kier molecular flexibility index (Phi) is 4.14. The van der Waals surface area contributed by atoms with Crippen LogP contribution in [0.2, 0.25) is 0 Å². The molecule has 0 aliphatic heterocycles. The molecule has 3 heteroatoms. The van der Waals surface area contributed by atoms with Gasteiger partial charge in [-0.1, -0.05) is 39.5 Å². The topological polar surface area (TPSA) is 57.5 Å². The van der Waals surface area contributed by atoms with Crippen LogP contribution in [0.5, 0.6) is 0 Å². The molecule has 1 aliphatic carbocycles. The minimum absolute atomic E-state index is 0.0417. The standard InChI is InChI=1S/C12H22O3/c1-3-8-12(15,11(13)14)10-7-5-6-9(10)4-2/h9-10,15H,3-8H2,1-2H3,(H,13,14). The van der Waals surface area contributed by atoms with Gasteiger partial charge in [-0.25, -0.2) is 4.79 Å². The molecule has 3 atom stereocenters. The van der Waals surface area contributed by atoms with E-state index in [-0.39, 0.29) is 5.92 Å². The van der Waals surface area contributed by atoms with Crippen molar-refractivity contribution in [3.8, 4) is 0 Å². The van der Waals surface area contributed by atoms with E-state index in [9.17, 15) is 15.0 Å². The number of carboxylic acid groups (broad SMARTS) is 1. The highest BCUT2D eigenvalue weighted by Crippen LogP contribution is 2.42. The molecule has 88 valence electrons. The monoisotopic (exact) mass is 214 g/mol. The molecule has 0 aromatic rings. The molecule has 0 bridgehead atoms. The summed E-state index contributed by atoms with van der Waals surface area (Å²) < 4.78 is 0. The van der Waals surface area contributed by atoms with E-state index in [1.54, 1.807) is 0 Å². The van der Waals surface area contributed by atoms with Crippen molar-refractivity contribution in [3.63, 3.8) is 0 Å². The second-order valence-corrected chi connectivity index (χ2v) is 4.69. The summed E-state index contributed by atoms with van der Waals surface area (Å²) in [5.41, 5.74) is -1.48. The number of carboxylic acids is 1. The summed E-state index contributed by atoms with van der Waals surface area (Å²) in [6, 6.07) is 0. The molecule has 0 heterocycles. The van der Waals surface area contributed by atoms with E-state index in [0.717, 1.165) is 32.1 Å². The summed E-state index contributed by atoms with van der Waals surface area (Å²) in [5.74, 6) is -0.688. The number of hydrogen-bond donors (Lipinski definition) is 2. The fraction of sp³-hybridized carbons (Fsp3) is 0.917. The zero-order valence-corrected chi connectivity index (χ0v) is 9.70. The predicted octanol–water partition coefficient (Wildman–Crippen LogP) is 2.43. The lowest BCUT2D eigenvalue weighted by Crippen LogP contribution is -2.47. The maximum Gasteiger partial charge on any atom is 0.335 e. The zero-order valence-electron chi connectivity index (χ0n) is 9.70. The Hall–Kier alpha value is -0.570. The van der Waals surface area contributed by atoms with Crippen LogP contribution in [0.3, 0.4) is 0 Å². The van der Waals surface area contributed by atoms with Gasteiger partial charge >= 0.3 is 5.97 Å². The minimum atomic E-state index is -1.48. The Balaban J connectivity index is 2.83. The van der Waals surface area contributed by atoms with Crippen molar-refractivity contribution in [1.29, 1.82) is 0 Å². The number of rotatable bonds is 5. The SMILES string of the molecule is CCCC(O)(C(=O)O)C1CCCC1CC. The molecule has 1 fully saturated rings. The number of aliphatic carboxylic acids is 1. The fourth-order valence-corrected chi connectivity index (χ4v) is 2.99. The van der Waals surface area contributed by atoms with Crippen LogP contribution in [-0.4, -0.2) is 21.8 Å². The second kappa shape index (κ2) is 4.97. The molecule has 0 aromatic carbocycles. The third-order valence-electron chi connectivity index (χ3n) is 3.80. The van der Waals surface area contributed by atoms with E-state index in [0.29, 0.717) is 12.3 Å². The lowest BCUT2D eigenvalue weighted by Gasteiger charge is -2.33. The minimum Gasteiger partial charge on any atom is -0.479 e. The van der Waals surface area contributed by atoms with Crippen LogP contribution in [0.1, 0.15) is 52.4 Å². The first-order valence-electron chi connectivity index (χ1n) is 6.02. The van der Waals surface area contributed by atoms with Gasteiger partial charge in [0.1, 0.15) is 0 Å². The van der Waals surface area contributed by atoms with E-state index < -0.39 is 11.6 Å². The molecular formula is C12H22O3. The van der Waals surface area contributed by atoms with E-state index >= 15 is 0 Å². The predicted molar refractivity (Wildman–Crippen MR) is 58.6 cm³/mol. The molecule has 0 saturated heterocycles. The van der Waals surface area contributed by atoms with Gasteiger partial charge in [0.05, 0.1) is 0 Å².